The van der Waals surface area contributed by atoms with Crippen molar-refractivity contribution in [1.82, 2.24) is 15.0 Å². The van der Waals surface area contributed by atoms with Crippen LogP contribution in [0.3, 0.4) is 0 Å². The van der Waals surface area contributed by atoms with Crippen LogP contribution in [-0.2, 0) is 10.0 Å². The summed E-state index contributed by atoms with van der Waals surface area (Å²) in [4.78, 5) is 3.39. The Kier molecular flexibility index (Phi) is 4.26. The van der Waals surface area contributed by atoms with E-state index in [2.05, 4.69) is 15.0 Å². The van der Waals surface area contributed by atoms with Gasteiger partial charge in [-0.15, -0.1) is 0 Å². The third kappa shape index (κ3) is 3.47. The molecular weight excluding hydrogens is 257 g/mol. The maximum atomic E-state index is 12.9. The van der Waals surface area contributed by atoms with Crippen molar-refractivity contribution in [3.8, 4) is 0 Å². The minimum absolute atomic E-state index is 0.137. The topological polar surface area (TPSA) is 71.1 Å². The number of nitrogens with zero attached hydrogens (tertiary/aromatic N) is 1. The van der Waals surface area contributed by atoms with Crippen molar-refractivity contribution < 1.29 is 12.8 Å². The molecule has 18 heavy (non-hydrogen) atoms. The molecule has 2 rings (SSSR count). The molecule has 0 amide bonds. The molecule has 100 valence electrons. The number of sulfonamides is 1. The van der Waals surface area contributed by atoms with Gasteiger partial charge in [-0.05, 0) is 31.9 Å². The predicted molar refractivity (Wildman–Crippen MR) is 65.0 cm³/mol. The largest absolute Gasteiger partial charge is 0.314 e. The fourth-order valence-corrected chi connectivity index (χ4v) is 3.01. The van der Waals surface area contributed by atoms with Gasteiger partial charge in [0.05, 0.1) is 6.20 Å². The molecule has 2 N–H and O–H groups in total. The molecule has 1 aromatic rings. The maximum absolute atomic E-state index is 12.9. The fourth-order valence-electron chi connectivity index (χ4n) is 1.99. The Hall–Kier alpha value is -1.05. The molecular formula is C11H16FN3O2S. The fraction of sp³-hybridized carbons (Fsp3) is 0.545. The zero-order chi connectivity index (χ0) is 13.0. The van der Waals surface area contributed by atoms with E-state index < -0.39 is 15.8 Å². The van der Waals surface area contributed by atoms with Gasteiger partial charge in [-0.25, -0.2) is 17.5 Å². The highest BCUT2D eigenvalue weighted by molar-refractivity contribution is 7.89. The highest BCUT2D eigenvalue weighted by atomic mass is 32.2. The molecule has 0 aliphatic carbocycles. The maximum Gasteiger partial charge on any atom is 0.242 e. The summed E-state index contributed by atoms with van der Waals surface area (Å²) in [5.74, 6) is -0.657. The van der Waals surface area contributed by atoms with Gasteiger partial charge in [0.25, 0.3) is 0 Å². The van der Waals surface area contributed by atoms with E-state index in [1.165, 1.54) is 0 Å². The molecule has 5 nitrogen and oxygen atoms in total. The van der Waals surface area contributed by atoms with Crippen LogP contribution in [0, 0.1) is 5.82 Å². The summed E-state index contributed by atoms with van der Waals surface area (Å²) in [6.45, 7) is 1.34. The number of hydrogen-bond acceptors (Lipinski definition) is 4. The van der Waals surface area contributed by atoms with Crippen molar-refractivity contribution in [3.63, 3.8) is 0 Å². The Morgan fingerprint density at radius 2 is 2.33 bits per heavy atom. The first-order valence-electron chi connectivity index (χ1n) is 5.91. The molecule has 1 aliphatic rings. The van der Waals surface area contributed by atoms with Gasteiger partial charge in [-0.2, -0.15) is 0 Å². The zero-order valence-corrected chi connectivity index (χ0v) is 10.7. The number of pyridine rings is 1. The summed E-state index contributed by atoms with van der Waals surface area (Å²) in [6, 6.07) is 1.33. The smallest absolute Gasteiger partial charge is 0.242 e. The van der Waals surface area contributed by atoms with Gasteiger partial charge in [0.15, 0.2) is 0 Å². The van der Waals surface area contributed by atoms with Crippen LogP contribution in [0.2, 0.25) is 0 Å². The molecule has 0 bridgehead atoms. The van der Waals surface area contributed by atoms with Crippen LogP contribution in [0.5, 0.6) is 0 Å². The molecule has 2 heterocycles. The Morgan fingerprint density at radius 1 is 1.50 bits per heavy atom. The third-order valence-corrected chi connectivity index (χ3v) is 4.37. The van der Waals surface area contributed by atoms with Crippen molar-refractivity contribution in [2.75, 3.05) is 13.1 Å². The van der Waals surface area contributed by atoms with Crippen LogP contribution in [-0.4, -0.2) is 32.5 Å². The molecule has 1 fully saturated rings. The van der Waals surface area contributed by atoms with Crippen molar-refractivity contribution in [2.24, 2.45) is 0 Å². The van der Waals surface area contributed by atoms with Gasteiger partial charge >= 0.3 is 0 Å². The summed E-state index contributed by atoms with van der Waals surface area (Å²) in [5, 5.41) is 3.28. The molecule has 7 heteroatoms. The average molecular weight is 273 g/mol. The second-order valence-electron chi connectivity index (χ2n) is 4.32. The van der Waals surface area contributed by atoms with Crippen LogP contribution >= 0.6 is 0 Å². The lowest BCUT2D eigenvalue weighted by atomic mass is 10.2. The van der Waals surface area contributed by atoms with E-state index in [0.717, 1.165) is 44.3 Å². The number of aromatic nitrogens is 1. The Balaban J connectivity index is 1.90. The molecule has 0 aromatic carbocycles. The Bertz CT molecular complexity index is 501. The Morgan fingerprint density at radius 3 is 3.00 bits per heavy atom. The van der Waals surface area contributed by atoms with Crippen LogP contribution in [0.25, 0.3) is 0 Å². The van der Waals surface area contributed by atoms with Gasteiger partial charge in [0.1, 0.15) is 10.7 Å². The van der Waals surface area contributed by atoms with E-state index in [1.807, 2.05) is 0 Å². The number of hydrogen-bond donors (Lipinski definition) is 2. The number of nitrogens with one attached hydrogen (secondary N) is 2. The highest BCUT2D eigenvalue weighted by Crippen LogP contribution is 2.10. The van der Waals surface area contributed by atoms with E-state index >= 15 is 0 Å². The molecule has 1 aliphatic heterocycles. The SMILES string of the molecule is O=S(=O)(NCC[C@H]1CCCN1)c1cncc(F)c1. The van der Waals surface area contributed by atoms with Crippen molar-refractivity contribution in [2.45, 2.75) is 30.2 Å². The standard InChI is InChI=1S/C11H16FN3O2S/c12-9-6-11(8-13-7-9)18(16,17)15-5-3-10-2-1-4-14-10/h6-8,10,14-15H,1-5H2/t10-/m1/s1. The minimum atomic E-state index is -3.65. The normalized spacial score (nSPS) is 20.2. The second-order valence-corrected chi connectivity index (χ2v) is 6.09. The lowest BCUT2D eigenvalue weighted by Gasteiger charge is -2.11. The van der Waals surface area contributed by atoms with Gasteiger partial charge in [0, 0.05) is 18.8 Å². The Labute approximate surface area is 106 Å². The van der Waals surface area contributed by atoms with Gasteiger partial charge in [-0.1, -0.05) is 0 Å². The van der Waals surface area contributed by atoms with Crippen LogP contribution in [0.4, 0.5) is 4.39 Å². The number of halogens is 1. The van der Waals surface area contributed by atoms with Gasteiger partial charge in [0.2, 0.25) is 10.0 Å². The first-order valence-corrected chi connectivity index (χ1v) is 7.40. The molecule has 0 saturated carbocycles. The first kappa shape index (κ1) is 13.4. The first-order chi connectivity index (χ1) is 8.58. The minimum Gasteiger partial charge on any atom is -0.314 e. The lowest BCUT2D eigenvalue weighted by molar-refractivity contribution is 0.538. The van der Waals surface area contributed by atoms with Crippen LogP contribution < -0.4 is 10.0 Å². The lowest BCUT2D eigenvalue weighted by Crippen LogP contribution is -2.30. The summed E-state index contributed by atoms with van der Waals surface area (Å²) in [7, 11) is -3.65. The van der Waals surface area contributed by atoms with Crippen LogP contribution in [0.1, 0.15) is 19.3 Å². The summed E-state index contributed by atoms with van der Waals surface area (Å²) in [6.07, 6.45) is 5.05. The summed E-state index contributed by atoms with van der Waals surface area (Å²) in [5.41, 5.74) is 0. The predicted octanol–water partition coefficient (Wildman–Crippen LogP) is 0.641. The molecule has 1 atom stereocenters. The van der Waals surface area contributed by atoms with E-state index in [1.54, 1.807) is 0 Å². The second kappa shape index (κ2) is 5.73. The van der Waals surface area contributed by atoms with Crippen LogP contribution in [0.15, 0.2) is 23.4 Å². The van der Waals surface area contributed by atoms with E-state index in [4.69, 9.17) is 0 Å². The molecule has 0 unspecified atom stereocenters. The molecule has 0 spiro atoms. The highest BCUT2D eigenvalue weighted by Gasteiger charge is 2.17. The summed E-state index contributed by atoms with van der Waals surface area (Å²) < 4.78 is 39.0. The quantitative estimate of drug-likeness (QED) is 0.826. The molecule has 1 aromatic heterocycles. The third-order valence-electron chi connectivity index (χ3n) is 2.94. The summed E-state index contributed by atoms with van der Waals surface area (Å²) >= 11 is 0. The molecule has 0 radical (unpaired) electrons. The van der Waals surface area contributed by atoms with Gasteiger partial charge < -0.3 is 5.32 Å². The van der Waals surface area contributed by atoms with Crippen molar-refractivity contribution in [1.29, 1.82) is 0 Å². The molecule has 1 saturated heterocycles. The van der Waals surface area contributed by atoms with E-state index in [9.17, 15) is 12.8 Å². The zero-order valence-electron chi connectivity index (χ0n) is 9.89. The van der Waals surface area contributed by atoms with E-state index in [-0.39, 0.29) is 4.90 Å². The average Bonchev–Trinajstić information content (AvgIpc) is 2.82. The van der Waals surface area contributed by atoms with Gasteiger partial charge in [-0.3, -0.25) is 4.98 Å². The monoisotopic (exact) mass is 273 g/mol. The van der Waals surface area contributed by atoms with E-state index in [0.29, 0.717) is 12.6 Å². The number of rotatable bonds is 5. The van der Waals surface area contributed by atoms with Crippen molar-refractivity contribution >= 4 is 10.0 Å². The van der Waals surface area contributed by atoms with Crippen molar-refractivity contribution in [3.05, 3.63) is 24.3 Å².